The van der Waals surface area contributed by atoms with Crippen molar-refractivity contribution >= 4 is 46.0 Å². The van der Waals surface area contributed by atoms with E-state index in [4.69, 9.17) is 39.9 Å². The van der Waals surface area contributed by atoms with Crippen LogP contribution in [0.3, 0.4) is 0 Å². The van der Waals surface area contributed by atoms with Gasteiger partial charge in [-0.15, -0.1) is 0 Å². The van der Waals surface area contributed by atoms with E-state index in [1.807, 2.05) is 12.1 Å². The Bertz CT molecular complexity index is 599. The van der Waals surface area contributed by atoms with Crippen molar-refractivity contribution in [3.63, 3.8) is 0 Å². The molecule has 0 aromatic heterocycles. The molecule has 2 aromatic carbocycles. The van der Waals surface area contributed by atoms with Crippen molar-refractivity contribution in [2.24, 2.45) is 0 Å². The van der Waals surface area contributed by atoms with Gasteiger partial charge in [0.1, 0.15) is 0 Å². The number of hydrogen-bond acceptors (Lipinski definition) is 2. The molecular formula is C16H13Cl3O3. The van der Waals surface area contributed by atoms with Crippen LogP contribution in [0.5, 0.6) is 0 Å². The second kappa shape index (κ2) is 9.46. The maximum absolute atomic E-state index is 10.5. The van der Waals surface area contributed by atoms with Crippen LogP contribution in [0.15, 0.2) is 48.5 Å². The minimum atomic E-state index is -0.863. The fourth-order valence-electron chi connectivity index (χ4n) is 1.60. The van der Waals surface area contributed by atoms with Gasteiger partial charge < -0.3 is 5.11 Å². The predicted molar refractivity (Wildman–Crippen MR) is 88.8 cm³/mol. The topological polar surface area (TPSA) is 54.4 Å². The van der Waals surface area contributed by atoms with E-state index in [0.717, 1.165) is 5.56 Å². The largest absolute Gasteiger partial charge is 0.481 e. The van der Waals surface area contributed by atoms with Gasteiger partial charge in [0.25, 0.3) is 0 Å². The highest BCUT2D eigenvalue weighted by atomic mass is 35.5. The summed E-state index contributed by atoms with van der Waals surface area (Å²) in [5.41, 5.74) is 1.43. The van der Waals surface area contributed by atoms with Gasteiger partial charge >= 0.3 is 5.97 Å². The summed E-state index contributed by atoms with van der Waals surface area (Å²) in [6.07, 6.45) is 0.181. The van der Waals surface area contributed by atoms with E-state index >= 15 is 0 Å². The Morgan fingerprint density at radius 3 is 1.59 bits per heavy atom. The second-order valence-electron chi connectivity index (χ2n) is 4.29. The monoisotopic (exact) mass is 358 g/mol. The Kier molecular flexibility index (Phi) is 7.96. The molecule has 0 aliphatic carbocycles. The first-order valence-corrected chi connectivity index (χ1v) is 7.40. The molecule has 116 valence electrons. The molecule has 0 bridgehead atoms. The fraction of sp³-hybridized carbons (Fsp3) is 0.125. The van der Waals surface area contributed by atoms with Crippen molar-refractivity contribution in [1.29, 1.82) is 0 Å². The number of aliphatic carboxylic acids is 1. The van der Waals surface area contributed by atoms with Gasteiger partial charge in [-0.05, 0) is 34.9 Å². The molecule has 0 saturated heterocycles. The quantitative estimate of drug-likeness (QED) is 0.811. The number of rotatable bonds is 4. The number of carboxylic acid groups (broad SMARTS) is 1. The summed E-state index contributed by atoms with van der Waals surface area (Å²) in [7, 11) is 0. The molecular weight excluding hydrogens is 347 g/mol. The minimum Gasteiger partial charge on any atom is -0.481 e. The zero-order valence-corrected chi connectivity index (χ0v) is 13.7. The Balaban J connectivity index is 0.000000220. The maximum atomic E-state index is 10.5. The van der Waals surface area contributed by atoms with E-state index in [-0.39, 0.29) is 12.8 Å². The number of carboxylic acids is 1. The molecule has 0 heterocycles. The zero-order valence-electron chi connectivity index (χ0n) is 11.4. The molecule has 0 aliphatic heterocycles. The van der Waals surface area contributed by atoms with E-state index in [1.165, 1.54) is 0 Å². The van der Waals surface area contributed by atoms with Gasteiger partial charge in [0.2, 0.25) is 5.24 Å². The van der Waals surface area contributed by atoms with Crippen LogP contribution in [-0.2, 0) is 22.4 Å². The third-order valence-corrected chi connectivity index (χ3v) is 3.46. The molecule has 0 atom stereocenters. The van der Waals surface area contributed by atoms with E-state index in [1.54, 1.807) is 36.4 Å². The van der Waals surface area contributed by atoms with Gasteiger partial charge in [-0.2, -0.15) is 0 Å². The summed E-state index contributed by atoms with van der Waals surface area (Å²) in [5, 5.41) is 9.14. The number of benzene rings is 2. The van der Waals surface area contributed by atoms with Crippen molar-refractivity contribution in [2.75, 3.05) is 0 Å². The highest BCUT2D eigenvalue weighted by Gasteiger charge is 2.03. The molecule has 0 spiro atoms. The van der Waals surface area contributed by atoms with Crippen LogP contribution in [0, 0.1) is 0 Å². The number of hydrogen-bond donors (Lipinski definition) is 1. The van der Waals surface area contributed by atoms with Gasteiger partial charge in [-0.1, -0.05) is 59.6 Å². The first kappa shape index (κ1) is 18.5. The van der Waals surface area contributed by atoms with Crippen molar-refractivity contribution in [3.8, 4) is 0 Å². The molecule has 0 amide bonds. The summed E-state index contributed by atoms with van der Waals surface area (Å²) < 4.78 is 0. The molecule has 0 saturated carbocycles. The number of carbonyl (C=O) groups is 2. The lowest BCUT2D eigenvalue weighted by molar-refractivity contribution is -0.136. The molecule has 0 fully saturated rings. The highest BCUT2D eigenvalue weighted by Crippen LogP contribution is 2.16. The lowest BCUT2D eigenvalue weighted by Gasteiger charge is -1.97. The first-order chi connectivity index (χ1) is 10.4. The van der Waals surface area contributed by atoms with Crippen molar-refractivity contribution in [1.82, 2.24) is 0 Å². The van der Waals surface area contributed by atoms with Gasteiger partial charge in [-0.3, -0.25) is 9.59 Å². The van der Waals surface area contributed by atoms with E-state index < -0.39 is 11.2 Å². The summed E-state index contributed by atoms with van der Waals surface area (Å²) in [4.78, 5) is 20.7. The normalized spacial score (nSPS) is 9.59. The maximum Gasteiger partial charge on any atom is 0.307 e. The standard InChI is InChI=1S/C8H6Cl2O.C8H7ClO2/c2*9-7-4-2-1-3-6(7)5-8(10)11/h1-4H,5H2;1-4H,5H2,(H,10,11). The number of halogens is 3. The van der Waals surface area contributed by atoms with Crippen molar-refractivity contribution in [2.45, 2.75) is 12.8 Å². The summed E-state index contributed by atoms with van der Waals surface area (Å²) in [6, 6.07) is 14.1. The summed E-state index contributed by atoms with van der Waals surface area (Å²) in [5.74, 6) is -0.863. The fourth-order valence-corrected chi connectivity index (χ4v) is 2.15. The molecule has 0 radical (unpaired) electrons. The Morgan fingerprint density at radius 1 is 0.818 bits per heavy atom. The molecule has 0 aliphatic rings. The Hall–Kier alpha value is -1.55. The Morgan fingerprint density at radius 2 is 1.23 bits per heavy atom. The Labute approximate surface area is 143 Å². The molecule has 22 heavy (non-hydrogen) atoms. The zero-order chi connectivity index (χ0) is 16.5. The van der Waals surface area contributed by atoms with Gasteiger partial charge in [0, 0.05) is 16.5 Å². The van der Waals surface area contributed by atoms with Crippen LogP contribution in [0.4, 0.5) is 0 Å². The first-order valence-electron chi connectivity index (χ1n) is 6.27. The molecule has 2 aromatic rings. The van der Waals surface area contributed by atoms with E-state index in [9.17, 15) is 9.59 Å². The number of carbonyl (C=O) groups excluding carboxylic acids is 1. The third-order valence-electron chi connectivity index (χ3n) is 2.59. The second-order valence-corrected chi connectivity index (χ2v) is 5.52. The van der Waals surface area contributed by atoms with E-state index in [2.05, 4.69) is 0 Å². The van der Waals surface area contributed by atoms with Gasteiger partial charge in [-0.25, -0.2) is 0 Å². The molecule has 6 heteroatoms. The van der Waals surface area contributed by atoms with Gasteiger partial charge in [0.05, 0.1) is 6.42 Å². The molecule has 0 unspecified atom stereocenters. The molecule has 3 nitrogen and oxygen atoms in total. The van der Waals surface area contributed by atoms with Crippen LogP contribution < -0.4 is 0 Å². The average Bonchev–Trinajstić information content (AvgIpc) is 2.44. The SMILES string of the molecule is O=C(Cl)Cc1ccccc1Cl.O=C(O)Cc1ccccc1Cl. The highest BCUT2D eigenvalue weighted by molar-refractivity contribution is 6.63. The van der Waals surface area contributed by atoms with Crippen LogP contribution in [0.1, 0.15) is 11.1 Å². The average molecular weight is 360 g/mol. The lowest BCUT2D eigenvalue weighted by Crippen LogP contribution is -1.99. The van der Waals surface area contributed by atoms with Crippen LogP contribution >= 0.6 is 34.8 Å². The minimum absolute atomic E-state index is 0.0142. The molecule has 1 N–H and O–H groups in total. The van der Waals surface area contributed by atoms with Crippen molar-refractivity contribution < 1.29 is 14.7 Å². The third kappa shape index (κ3) is 6.94. The van der Waals surface area contributed by atoms with Crippen molar-refractivity contribution in [3.05, 3.63) is 69.7 Å². The summed E-state index contributed by atoms with van der Waals surface area (Å²) in [6.45, 7) is 0. The lowest BCUT2D eigenvalue weighted by atomic mass is 10.1. The summed E-state index contributed by atoms with van der Waals surface area (Å²) >= 11 is 16.6. The van der Waals surface area contributed by atoms with Crippen LogP contribution in [-0.4, -0.2) is 16.3 Å². The smallest absolute Gasteiger partial charge is 0.307 e. The van der Waals surface area contributed by atoms with Crippen LogP contribution in [0.2, 0.25) is 10.0 Å². The molecule has 2 rings (SSSR count). The van der Waals surface area contributed by atoms with Crippen LogP contribution in [0.25, 0.3) is 0 Å². The van der Waals surface area contributed by atoms with E-state index in [0.29, 0.717) is 15.6 Å². The van der Waals surface area contributed by atoms with Gasteiger partial charge in [0.15, 0.2) is 0 Å². The predicted octanol–water partition coefficient (Wildman–Crippen LogP) is 4.62.